The number of hydrogen-bond acceptors (Lipinski definition) is 11. The van der Waals surface area contributed by atoms with Gasteiger partial charge in [-0.1, -0.05) is 0 Å². The number of anilines is 2. The van der Waals surface area contributed by atoms with Gasteiger partial charge in [0.1, 0.15) is 16.5 Å². The van der Waals surface area contributed by atoms with E-state index in [9.17, 15) is 28.0 Å². The van der Waals surface area contributed by atoms with Crippen molar-refractivity contribution >= 4 is 39.6 Å². The molecule has 0 fully saturated rings. The summed E-state index contributed by atoms with van der Waals surface area (Å²) in [5.74, 6) is -0.803. The molecule has 1 aromatic carbocycles. The van der Waals surface area contributed by atoms with E-state index in [1.807, 2.05) is 0 Å². The Morgan fingerprint density at radius 2 is 1.70 bits per heavy atom. The molecule has 178 valence electrons. The molecule has 33 heavy (non-hydrogen) atoms. The Kier molecular flexibility index (Phi) is 7.98. The fourth-order valence-corrected chi connectivity index (χ4v) is 3.54. The molecule has 1 heterocycles. The molecule has 3 N–H and O–H groups in total. The molecular weight excluding hydrogens is 464 g/mol. The summed E-state index contributed by atoms with van der Waals surface area (Å²) in [6.07, 6.45) is -1.23. The van der Waals surface area contributed by atoms with E-state index in [4.69, 9.17) is 9.47 Å². The summed E-state index contributed by atoms with van der Waals surface area (Å²) in [6, 6.07) is 4.30. The summed E-state index contributed by atoms with van der Waals surface area (Å²) >= 11 is 0. The Balaban J connectivity index is 2.40. The highest BCUT2D eigenvalue weighted by Gasteiger charge is 2.28. The van der Waals surface area contributed by atoms with Gasteiger partial charge in [-0.3, -0.25) is 10.5 Å². The van der Waals surface area contributed by atoms with E-state index >= 15 is 0 Å². The lowest BCUT2D eigenvalue weighted by molar-refractivity contribution is 0.0596. The van der Waals surface area contributed by atoms with Gasteiger partial charge < -0.3 is 18.9 Å². The van der Waals surface area contributed by atoms with E-state index in [-0.39, 0.29) is 28.2 Å². The van der Waals surface area contributed by atoms with Crippen molar-refractivity contribution in [3.8, 4) is 11.6 Å². The van der Waals surface area contributed by atoms with Crippen LogP contribution < -0.4 is 24.6 Å². The minimum atomic E-state index is -4.73. The molecule has 3 amide bonds. The van der Waals surface area contributed by atoms with E-state index in [0.29, 0.717) is 0 Å². The fourth-order valence-electron chi connectivity index (χ4n) is 2.42. The van der Waals surface area contributed by atoms with Gasteiger partial charge in [-0.2, -0.15) is 10.0 Å². The smallest absolute Gasteiger partial charge is 0.438 e. The summed E-state index contributed by atoms with van der Waals surface area (Å²) < 4.78 is 46.4. The first-order chi connectivity index (χ1) is 15.6. The highest BCUT2D eigenvalue weighted by atomic mass is 32.2. The van der Waals surface area contributed by atoms with E-state index < -0.39 is 38.6 Å². The molecule has 0 atom stereocenters. The zero-order valence-electron chi connectivity index (χ0n) is 17.8. The zero-order valence-corrected chi connectivity index (χ0v) is 18.6. The topological polar surface area (TPSA) is 183 Å². The number of nitrogens with zero attached hydrogens (tertiary/aromatic N) is 2. The predicted octanol–water partition coefficient (Wildman–Crippen LogP) is 1.36. The maximum atomic E-state index is 12.9. The number of sulfonamides is 1. The second kappa shape index (κ2) is 10.5. The summed E-state index contributed by atoms with van der Waals surface area (Å²) in [5.41, 5.74) is -0.838. The average Bonchev–Trinajstić information content (AvgIpc) is 2.81. The number of rotatable bonds is 7. The van der Waals surface area contributed by atoms with Crippen LogP contribution in [0.3, 0.4) is 0 Å². The van der Waals surface area contributed by atoms with Crippen LogP contribution in [0.5, 0.6) is 11.6 Å². The van der Waals surface area contributed by atoms with Crippen LogP contribution in [-0.4, -0.2) is 65.1 Å². The fraction of sp³-hybridized carbons (Fsp3) is 0.222. The number of urea groups is 1. The highest BCUT2D eigenvalue weighted by Crippen LogP contribution is 2.25. The number of carbonyl (C=O) groups excluding carboxylic acids is 3. The van der Waals surface area contributed by atoms with Crippen molar-refractivity contribution in [1.29, 1.82) is 0 Å². The van der Waals surface area contributed by atoms with Crippen LogP contribution in [0.1, 0.15) is 10.4 Å². The first-order valence-electron chi connectivity index (χ1n) is 8.79. The monoisotopic (exact) mass is 484 g/mol. The van der Waals surface area contributed by atoms with Gasteiger partial charge in [0.25, 0.3) is 10.0 Å². The number of hydroxylamine groups is 1. The lowest BCUT2D eigenvalue weighted by Crippen LogP contribution is -2.35. The van der Waals surface area contributed by atoms with Crippen LogP contribution in [0.4, 0.5) is 21.1 Å². The molecule has 0 unspecified atom stereocenters. The number of amides is 3. The van der Waals surface area contributed by atoms with Crippen molar-refractivity contribution in [1.82, 2.24) is 9.71 Å². The van der Waals surface area contributed by atoms with Crippen molar-refractivity contribution < 1.29 is 47.0 Å². The number of benzene rings is 1. The van der Waals surface area contributed by atoms with Gasteiger partial charge in [-0.05, 0) is 18.2 Å². The van der Waals surface area contributed by atoms with Gasteiger partial charge in [0.2, 0.25) is 5.88 Å². The Labute approximate surface area is 188 Å². The van der Waals surface area contributed by atoms with Crippen molar-refractivity contribution in [3.63, 3.8) is 0 Å². The van der Waals surface area contributed by atoms with E-state index in [2.05, 4.69) is 19.8 Å². The van der Waals surface area contributed by atoms with E-state index in [1.165, 1.54) is 26.4 Å². The van der Waals surface area contributed by atoms with E-state index in [1.54, 1.807) is 4.72 Å². The third-order valence-electron chi connectivity index (χ3n) is 3.94. The van der Waals surface area contributed by atoms with Crippen LogP contribution in [0.25, 0.3) is 0 Å². The Bertz CT molecular complexity index is 1150. The summed E-state index contributed by atoms with van der Waals surface area (Å²) in [7, 11) is -0.0335. The molecule has 0 aliphatic rings. The SMILES string of the molecule is COC(=O)c1ccc(N(O)C(=O)OC)cc1S(=O)(=O)NC(=O)Nc1cc(OC)cc(OC)n1. The third kappa shape index (κ3) is 5.98. The largest absolute Gasteiger partial charge is 0.496 e. The Morgan fingerprint density at radius 1 is 1.00 bits per heavy atom. The van der Waals surface area contributed by atoms with Crippen molar-refractivity contribution in [2.75, 3.05) is 38.8 Å². The van der Waals surface area contributed by atoms with Crippen LogP contribution in [0, 0.1) is 0 Å². The zero-order chi connectivity index (χ0) is 24.8. The minimum absolute atomic E-state index is 0.00654. The molecule has 0 spiro atoms. The number of ether oxygens (including phenoxy) is 4. The number of carbonyl (C=O) groups is 3. The molecule has 0 bridgehead atoms. The maximum Gasteiger partial charge on any atom is 0.438 e. The second-order valence-corrected chi connectivity index (χ2v) is 7.60. The predicted molar refractivity (Wildman–Crippen MR) is 111 cm³/mol. The van der Waals surface area contributed by atoms with Crippen LogP contribution in [0.2, 0.25) is 0 Å². The van der Waals surface area contributed by atoms with Gasteiger partial charge in [0, 0.05) is 12.1 Å². The first-order valence-corrected chi connectivity index (χ1v) is 10.3. The molecule has 0 saturated heterocycles. The molecule has 2 aromatic rings. The number of aromatic nitrogens is 1. The number of pyridine rings is 1. The van der Waals surface area contributed by atoms with Crippen molar-refractivity contribution in [3.05, 3.63) is 35.9 Å². The first kappa shape index (κ1) is 25.2. The normalized spacial score (nSPS) is 10.6. The van der Waals surface area contributed by atoms with Crippen LogP contribution in [0.15, 0.2) is 35.2 Å². The standard InChI is InChI=1S/C18H20N4O10S/c1-29-11-8-14(19-15(9-11)30-2)20-17(24)21-33(27,28)13-7-10(22(26)18(25)32-4)5-6-12(13)16(23)31-3/h5-9,26H,1-4H3,(H2,19,20,21,24). The molecular formula is C18H20N4O10S. The summed E-state index contributed by atoms with van der Waals surface area (Å²) in [6.45, 7) is 0. The molecule has 14 nitrogen and oxygen atoms in total. The average molecular weight is 484 g/mol. The van der Waals surface area contributed by atoms with Gasteiger partial charge in [0.15, 0.2) is 0 Å². The summed E-state index contributed by atoms with van der Waals surface area (Å²) in [4.78, 5) is 39.1. The van der Waals surface area contributed by atoms with Gasteiger partial charge in [-0.25, -0.2) is 27.5 Å². The maximum absolute atomic E-state index is 12.9. The number of nitrogens with one attached hydrogen (secondary N) is 2. The number of hydrogen-bond donors (Lipinski definition) is 3. The third-order valence-corrected chi connectivity index (χ3v) is 5.31. The quantitative estimate of drug-likeness (QED) is 0.293. The molecule has 0 aliphatic carbocycles. The number of esters is 1. The van der Waals surface area contributed by atoms with Crippen molar-refractivity contribution in [2.45, 2.75) is 4.90 Å². The molecule has 0 saturated carbocycles. The van der Waals surface area contributed by atoms with Gasteiger partial charge >= 0.3 is 18.1 Å². The highest BCUT2D eigenvalue weighted by molar-refractivity contribution is 7.90. The van der Waals surface area contributed by atoms with Crippen molar-refractivity contribution in [2.24, 2.45) is 0 Å². The van der Waals surface area contributed by atoms with E-state index in [0.717, 1.165) is 32.4 Å². The minimum Gasteiger partial charge on any atom is -0.496 e. The second-order valence-electron chi connectivity index (χ2n) is 5.95. The summed E-state index contributed by atoms with van der Waals surface area (Å²) in [5, 5.41) is 12.1. The van der Waals surface area contributed by atoms with Crippen LogP contribution in [-0.2, 0) is 19.5 Å². The molecule has 15 heteroatoms. The lowest BCUT2D eigenvalue weighted by atomic mass is 10.2. The number of methoxy groups -OCH3 is 4. The van der Waals surface area contributed by atoms with Gasteiger partial charge in [-0.15, -0.1) is 0 Å². The molecule has 0 aliphatic heterocycles. The molecule has 0 radical (unpaired) electrons. The Morgan fingerprint density at radius 3 is 2.27 bits per heavy atom. The molecule has 1 aromatic heterocycles. The lowest BCUT2D eigenvalue weighted by Gasteiger charge is -2.16. The molecule has 2 rings (SSSR count). The van der Waals surface area contributed by atoms with Gasteiger partial charge in [0.05, 0.1) is 39.7 Å². The Hall–Kier alpha value is -4.11. The van der Waals surface area contributed by atoms with Crippen LogP contribution >= 0.6 is 0 Å².